The number of alkyl halides is 3. The molecule has 19 heteroatoms. The van der Waals surface area contributed by atoms with Crippen LogP contribution in [-0.2, 0) is 26.9 Å². The van der Waals surface area contributed by atoms with Gasteiger partial charge in [0, 0.05) is 56.8 Å². The molecule has 2 fully saturated rings. The molecule has 0 atom stereocenters. The number of carbonyl (C=O) groups excluding carboxylic acids is 3. The normalized spacial score (nSPS) is 15.2. The highest BCUT2D eigenvalue weighted by molar-refractivity contribution is 7.81. The number of ether oxygens (including phenoxy) is 1. The fraction of sp³-hybridized carbons (Fsp3) is 0.311. The van der Waals surface area contributed by atoms with Crippen molar-refractivity contribution in [2.75, 3.05) is 61.1 Å². The third kappa shape index (κ3) is 9.29. The fourth-order valence-electron chi connectivity index (χ4n) is 7.74. The summed E-state index contributed by atoms with van der Waals surface area (Å²) in [6.45, 7) is 4.71. The number of fused-ring (bicyclic) bond motifs is 1. The zero-order valence-electron chi connectivity index (χ0n) is 34.6. The van der Waals surface area contributed by atoms with E-state index in [-0.39, 0.29) is 91.4 Å². The number of carbonyl (C=O) groups is 3. The Bertz CT molecular complexity index is 2750. The van der Waals surface area contributed by atoms with Gasteiger partial charge in [0.05, 0.1) is 58.2 Å². The number of rotatable bonds is 13. The average molecular weight is 901 g/mol. The van der Waals surface area contributed by atoms with E-state index in [1.807, 2.05) is 0 Å². The SMILES string of the molecule is CC1(C)C(=O)N(c2ccc(C#N)c(C(F)(F)F)c2)C(=S)N1c1ccc(NCCCOCCC(=O)N2CCN(C(=O)c3cc(Cc4n[nH]c(=O)c5ccccc45)ccc3F)CC2)c(F)c1. The van der Waals surface area contributed by atoms with E-state index in [9.17, 15) is 42.0 Å². The van der Waals surface area contributed by atoms with Gasteiger partial charge in [-0.25, -0.2) is 13.9 Å². The Kier molecular flexibility index (Phi) is 13.1. The lowest BCUT2D eigenvalue weighted by atomic mass is 10.0. The lowest BCUT2D eigenvalue weighted by Gasteiger charge is -2.35. The van der Waals surface area contributed by atoms with Gasteiger partial charge in [-0.1, -0.05) is 24.3 Å². The highest BCUT2D eigenvalue weighted by Crippen LogP contribution is 2.40. The molecule has 7 rings (SSSR count). The van der Waals surface area contributed by atoms with E-state index in [4.69, 9.17) is 17.0 Å². The van der Waals surface area contributed by atoms with Crippen LogP contribution in [0.5, 0.6) is 0 Å². The topological polar surface area (TPSA) is 155 Å². The van der Waals surface area contributed by atoms with Gasteiger partial charge in [0.1, 0.15) is 17.2 Å². The van der Waals surface area contributed by atoms with Crippen LogP contribution in [0.1, 0.15) is 59.4 Å². The predicted molar refractivity (Wildman–Crippen MR) is 232 cm³/mol. The number of benzene rings is 4. The summed E-state index contributed by atoms with van der Waals surface area (Å²) in [6.07, 6.45) is -4.03. The smallest absolute Gasteiger partial charge is 0.383 e. The quantitative estimate of drug-likeness (QED) is 0.0734. The summed E-state index contributed by atoms with van der Waals surface area (Å²) in [5.41, 5.74) is -2.23. The number of thiocarbonyl (C=S) groups is 1. The van der Waals surface area contributed by atoms with Crippen LogP contribution >= 0.6 is 12.2 Å². The van der Waals surface area contributed by atoms with Crippen molar-refractivity contribution in [3.63, 3.8) is 0 Å². The maximum absolute atomic E-state index is 15.4. The summed E-state index contributed by atoms with van der Waals surface area (Å²) in [4.78, 5) is 57.5. The monoisotopic (exact) mass is 900 g/mol. The van der Waals surface area contributed by atoms with E-state index in [0.717, 1.165) is 11.0 Å². The molecule has 2 aliphatic heterocycles. The number of nitriles is 1. The van der Waals surface area contributed by atoms with E-state index in [1.165, 1.54) is 66.1 Å². The maximum atomic E-state index is 15.4. The molecule has 0 spiro atoms. The number of nitrogens with zero attached hydrogens (tertiary/aromatic N) is 6. The first-order valence-electron chi connectivity index (χ1n) is 20.2. The van der Waals surface area contributed by atoms with Gasteiger partial charge in [-0.15, -0.1) is 0 Å². The molecule has 0 saturated carbocycles. The second kappa shape index (κ2) is 18.5. The number of amides is 3. The molecule has 3 amide bonds. The Morgan fingerprint density at radius 2 is 1.61 bits per heavy atom. The van der Waals surface area contributed by atoms with Gasteiger partial charge < -0.3 is 24.8 Å². The molecule has 0 radical (unpaired) electrons. The number of aromatic amines is 1. The number of hydrogen-bond donors (Lipinski definition) is 2. The van der Waals surface area contributed by atoms with E-state index in [2.05, 4.69) is 15.5 Å². The number of H-pyrrole nitrogens is 1. The minimum absolute atomic E-state index is 0.0912. The zero-order valence-corrected chi connectivity index (χ0v) is 35.4. The zero-order chi connectivity index (χ0) is 45.9. The molecule has 4 aromatic carbocycles. The van der Waals surface area contributed by atoms with Crippen LogP contribution in [0.3, 0.4) is 0 Å². The molecule has 13 nitrogen and oxygen atoms in total. The van der Waals surface area contributed by atoms with E-state index in [0.29, 0.717) is 41.1 Å². The Balaban J connectivity index is 0.843. The molecule has 0 bridgehead atoms. The first kappa shape index (κ1) is 45.3. The first-order chi connectivity index (χ1) is 30.5. The molecule has 2 saturated heterocycles. The predicted octanol–water partition coefficient (Wildman–Crippen LogP) is 6.79. The minimum atomic E-state index is -4.85. The third-order valence-corrected chi connectivity index (χ3v) is 11.5. The molecule has 1 aromatic heterocycles. The van der Waals surface area contributed by atoms with E-state index in [1.54, 1.807) is 35.2 Å². The lowest BCUT2D eigenvalue weighted by molar-refractivity contribution is -0.138. The third-order valence-electron chi connectivity index (χ3n) is 11.1. The molecular formula is C45H41F5N8O5S. The van der Waals surface area contributed by atoms with Crippen LogP contribution in [0.15, 0.2) is 83.7 Å². The summed E-state index contributed by atoms with van der Waals surface area (Å²) in [5.74, 6) is -2.62. The van der Waals surface area contributed by atoms with Crippen molar-refractivity contribution in [1.82, 2.24) is 20.0 Å². The van der Waals surface area contributed by atoms with Crippen LogP contribution in [0.25, 0.3) is 10.8 Å². The van der Waals surface area contributed by atoms with Crippen molar-refractivity contribution in [2.45, 2.75) is 44.8 Å². The minimum Gasteiger partial charge on any atom is -0.383 e. The van der Waals surface area contributed by atoms with Gasteiger partial charge in [0.2, 0.25) is 5.91 Å². The molecule has 64 heavy (non-hydrogen) atoms. The average Bonchev–Trinajstić information content (AvgIpc) is 3.45. The lowest BCUT2D eigenvalue weighted by Crippen LogP contribution is -2.50. The number of anilines is 3. The molecule has 2 N–H and O–H groups in total. The number of nitrogens with one attached hydrogen (secondary N) is 2. The molecule has 5 aromatic rings. The Labute approximate surface area is 369 Å². The second-order valence-corrected chi connectivity index (χ2v) is 16.0. The Morgan fingerprint density at radius 1 is 0.906 bits per heavy atom. The Hall–Kier alpha value is -6.78. The molecule has 332 valence electrons. The van der Waals surface area contributed by atoms with Gasteiger partial charge in [-0.2, -0.15) is 23.5 Å². The molecule has 0 aliphatic carbocycles. The molecular weight excluding hydrogens is 860 g/mol. The Morgan fingerprint density at radius 3 is 2.31 bits per heavy atom. The first-order valence-corrected chi connectivity index (χ1v) is 20.6. The second-order valence-electron chi connectivity index (χ2n) is 15.7. The van der Waals surface area contributed by atoms with Crippen LogP contribution in [0.4, 0.5) is 39.0 Å². The molecule has 3 heterocycles. The van der Waals surface area contributed by atoms with Crippen LogP contribution in [0, 0.1) is 23.0 Å². The largest absolute Gasteiger partial charge is 0.417 e. The molecule has 2 aliphatic rings. The summed E-state index contributed by atoms with van der Waals surface area (Å²) in [5, 5.41) is 19.8. The van der Waals surface area contributed by atoms with Gasteiger partial charge in [-0.05, 0) is 92.6 Å². The van der Waals surface area contributed by atoms with Gasteiger partial charge >= 0.3 is 6.18 Å². The van der Waals surface area contributed by atoms with Crippen molar-refractivity contribution in [3.05, 3.63) is 129 Å². The maximum Gasteiger partial charge on any atom is 0.417 e. The van der Waals surface area contributed by atoms with Gasteiger partial charge in [0.25, 0.3) is 17.4 Å². The number of hydrogen-bond acceptors (Lipinski definition) is 9. The number of piperazine rings is 1. The highest BCUT2D eigenvalue weighted by Gasteiger charge is 2.51. The van der Waals surface area contributed by atoms with Crippen molar-refractivity contribution >= 4 is 62.9 Å². The van der Waals surface area contributed by atoms with Crippen molar-refractivity contribution in [2.24, 2.45) is 0 Å². The van der Waals surface area contributed by atoms with Crippen molar-refractivity contribution < 1.29 is 41.1 Å². The summed E-state index contributed by atoms with van der Waals surface area (Å²) >= 11 is 5.54. The van der Waals surface area contributed by atoms with Gasteiger partial charge in [0.15, 0.2) is 5.11 Å². The number of aromatic nitrogens is 2. The standard InChI is InChI=1S/C45H41F5N8O5S/c1-44(2)42(62)57(29-10-9-28(26-51)34(24-29)45(48,49)50)43(64)58(44)30-11-13-37(36(47)25-30)52-15-5-20-63-21-14-39(59)55-16-18-56(19-17-55)41(61)33-22-27(8-12-35(33)46)23-38-31-6-3-4-7-32(31)40(60)54-53-38/h3-4,6-13,22,24-25,52H,5,14-21,23H2,1-2H3,(H,54,60). The highest BCUT2D eigenvalue weighted by atomic mass is 32.1. The summed E-state index contributed by atoms with van der Waals surface area (Å²) < 4.78 is 77.0. The van der Waals surface area contributed by atoms with Crippen molar-refractivity contribution in [3.8, 4) is 6.07 Å². The summed E-state index contributed by atoms with van der Waals surface area (Å²) in [7, 11) is 0. The van der Waals surface area contributed by atoms with Crippen molar-refractivity contribution in [1.29, 1.82) is 5.26 Å². The fourth-order valence-corrected chi connectivity index (χ4v) is 8.26. The van der Waals surface area contributed by atoms with Crippen LogP contribution < -0.4 is 20.7 Å². The van der Waals surface area contributed by atoms with E-state index < -0.39 is 46.3 Å². The van der Waals surface area contributed by atoms with Gasteiger partial charge in [-0.3, -0.25) is 24.1 Å². The van der Waals surface area contributed by atoms with Crippen LogP contribution in [-0.4, -0.2) is 94.3 Å². The molecule has 0 unspecified atom stereocenters. The number of halogens is 5. The van der Waals surface area contributed by atoms with E-state index >= 15 is 4.39 Å². The summed E-state index contributed by atoms with van der Waals surface area (Å²) in [6, 6.07) is 19.8. The van der Waals surface area contributed by atoms with Crippen LogP contribution in [0.2, 0.25) is 0 Å².